The van der Waals surface area contributed by atoms with Gasteiger partial charge in [-0.2, -0.15) is 0 Å². The smallest absolute Gasteiger partial charge is 0.254 e. The van der Waals surface area contributed by atoms with Crippen molar-refractivity contribution in [2.24, 2.45) is 11.7 Å². The third-order valence-electron chi connectivity index (χ3n) is 2.25. The molecule has 0 spiro atoms. The van der Waals surface area contributed by atoms with E-state index >= 15 is 0 Å². The predicted molar refractivity (Wildman–Crippen MR) is 66.3 cm³/mol. The number of hydrogen-bond donors (Lipinski definition) is 3. The second-order valence-electron chi connectivity index (χ2n) is 3.68. The molecular formula is C11H13FN2O2S. The molecule has 1 aromatic carbocycles. The molecule has 6 heteroatoms. The van der Waals surface area contributed by atoms with E-state index in [0.717, 1.165) is 6.07 Å². The molecular weight excluding hydrogens is 243 g/mol. The number of carbonyl (C=O) groups excluding carboxylic acids is 1. The number of phenols is 1. The van der Waals surface area contributed by atoms with E-state index < -0.39 is 11.7 Å². The van der Waals surface area contributed by atoms with E-state index in [1.54, 1.807) is 6.92 Å². The molecule has 92 valence electrons. The Hall–Kier alpha value is -1.69. The van der Waals surface area contributed by atoms with Gasteiger partial charge in [-0.3, -0.25) is 4.79 Å². The minimum absolute atomic E-state index is 0.127. The Bertz CT molecular complexity index is 451. The summed E-state index contributed by atoms with van der Waals surface area (Å²) in [5.41, 5.74) is 5.26. The second-order valence-corrected chi connectivity index (χ2v) is 4.15. The van der Waals surface area contributed by atoms with Crippen LogP contribution in [0.15, 0.2) is 18.2 Å². The molecule has 0 fully saturated rings. The summed E-state index contributed by atoms with van der Waals surface area (Å²) in [7, 11) is 0. The van der Waals surface area contributed by atoms with Crippen LogP contribution in [0.2, 0.25) is 0 Å². The minimum Gasteiger partial charge on any atom is -0.508 e. The summed E-state index contributed by atoms with van der Waals surface area (Å²) >= 11 is 4.75. The van der Waals surface area contributed by atoms with Gasteiger partial charge in [0.1, 0.15) is 11.6 Å². The van der Waals surface area contributed by atoms with Crippen LogP contribution in [0.4, 0.5) is 4.39 Å². The maximum absolute atomic E-state index is 13.3. The van der Waals surface area contributed by atoms with Gasteiger partial charge in [0.25, 0.3) is 5.91 Å². The minimum atomic E-state index is -0.773. The highest BCUT2D eigenvalue weighted by atomic mass is 32.1. The van der Waals surface area contributed by atoms with Crippen molar-refractivity contribution in [1.82, 2.24) is 5.32 Å². The number of nitrogens with one attached hydrogen (secondary N) is 1. The zero-order valence-corrected chi connectivity index (χ0v) is 10.1. The lowest BCUT2D eigenvalue weighted by Gasteiger charge is -2.11. The number of nitrogens with two attached hydrogens (primary N) is 1. The summed E-state index contributed by atoms with van der Waals surface area (Å²) in [6.45, 7) is 2.00. The third-order valence-corrected chi connectivity index (χ3v) is 2.65. The van der Waals surface area contributed by atoms with Gasteiger partial charge < -0.3 is 16.2 Å². The van der Waals surface area contributed by atoms with Crippen molar-refractivity contribution in [2.75, 3.05) is 6.54 Å². The van der Waals surface area contributed by atoms with E-state index in [4.69, 9.17) is 23.1 Å². The molecule has 4 nitrogen and oxygen atoms in total. The van der Waals surface area contributed by atoms with Gasteiger partial charge >= 0.3 is 0 Å². The molecule has 17 heavy (non-hydrogen) atoms. The Morgan fingerprint density at radius 3 is 2.82 bits per heavy atom. The van der Waals surface area contributed by atoms with Crippen LogP contribution in [0, 0.1) is 11.7 Å². The molecule has 0 heterocycles. The van der Waals surface area contributed by atoms with Crippen molar-refractivity contribution >= 4 is 23.1 Å². The summed E-state index contributed by atoms with van der Waals surface area (Å²) < 4.78 is 13.3. The number of amides is 1. The van der Waals surface area contributed by atoms with Crippen LogP contribution in [0.5, 0.6) is 5.75 Å². The first-order valence-corrected chi connectivity index (χ1v) is 5.38. The lowest BCUT2D eigenvalue weighted by molar-refractivity contribution is 0.0947. The van der Waals surface area contributed by atoms with Crippen LogP contribution >= 0.6 is 12.2 Å². The Morgan fingerprint density at radius 1 is 1.65 bits per heavy atom. The number of carbonyl (C=O) groups is 1. The molecule has 0 bridgehead atoms. The Kier molecular flexibility index (Phi) is 4.39. The summed E-state index contributed by atoms with van der Waals surface area (Å²) in [6.07, 6.45) is 0. The van der Waals surface area contributed by atoms with Crippen LogP contribution in [0.25, 0.3) is 0 Å². The van der Waals surface area contributed by atoms with Gasteiger partial charge in [0, 0.05) is 18.5 Å². The van der Waals surface area contributed by atoms with Crippen molar-refractivity contribution in [3.05, 3.63) is 29.6 Å². The van der Waals surface area contributed by atoms with Crippen molar-refractivity contribution < 1.29 is 14.3 Å². The van der Waals surface area contributed by atoms with Crippen molar-refractivity contribution in [3.63, 3.8) is 0 Å². The van der Waals surface area contributed by atoms with Gasteiger partial charge in [-0.25, -0.2) is 4.39 Å². The molecule has 0 saturated heterocycles. The fourth-order valence-corrected chi connectivity index (χ4v) is 1.21. The second kappa shape index (κ2) is 5.58. The standard InChI is InChI=1S/C11H13FN2O2S/c1-6(10(13)17)5-14-11(16)8-3-2-7(15)4-9(8)12/h2-4,6,15H,5H2,1H3,(H2,13,17)(H,14,16). The first-order chi connectivity index (χ1) is 7.91. The average molecular weight is 256 g/mol. The number of aromatic hydroxyl groups is 1. The first-order valence-electron chi connectivity index (χ1n) is 4.98. The van der Waals surface area contributed by atoms with Crippen LogP contribution in [0.3, 0.4) is 0 Å². The largest absolute Gasteiger partial charge is 0.508 e. The maximum atomic E-state index is 13.3. The van der Waals surface area contributed by atoms with Gasteiger partial charge in [0.15, 0.2) is 0 Å². The molecule has 0 aliphatic carbocycles. The van der Waals surface area contributed by atoms with E-state index in [2.05, 4.69) is 5.32 Å². The molecule has 1 amide bonds. The normalized spacial score (nSPS) is 11.9. The van der Waals surface area contributed by atoms with Crippen LogP contribution in [-0.2, 0) is 0 Å². The summed E-state index contributed by atoms with van der Waals surface area (Å²) in [5, 5.41) is 11.5. The highest BCUT2D eigenvalue weighted by molar-refractivity contribution is 7.80. The van der Waals surface area contributed by atoms with E-state index in [0.29, 0.717) is 0 Å². The van der Waals surface area contributed by atoms with Crippen LogP contribution < -0.4 is 11.1 Å². The third kappa shape index (κ3) is 3.67. The number of halogens is 1. The molecule has 0 saturated carbocycles. The van der Waals surface area contributed by atoms with E-state index in [1.807, 2.05) is 0 Å². The zero-order valence-electron chi connectivity index (χ0n) is 9.24. The highest BCUT2D eigenvalue weighted by Crippen LogP contribution is 2.14. The Labute approximate surface area is 104 Å². The molecule has 1 rings (SSSR count). The number of benzene rings is 1. The topological polar surface area (TPSA) is 75.3 Å². The molecule has 0 aliphatic rings. The molecule has 0 radical (unpaired) electrons. The fourth-order valence-electron chi connectivity index (χ4n) is 1.13. The van der Waals surface area contributed by atoms with Gasteiger partial charge in [-0.15, -0.1) is 0 Å². The molecule has 1 unspecified atom stereocenters. The summed E-state index contributed by atoms with van der Waals surface area (Å²) in [4.78, 5) is 11.9. The van der Waals surface area contributed by atoms with Crippen molar-refractivity contribution in [3.8, 4) is 5.75 Å². The monoisotopic (exact) mass is 256 g/mol. The average Bonchev–Trinajstić information content (AvgIpc) is 2.25. The molecule has 1 aromatic rings. The van der Waals surface area contributed by atoms with Crippen LogP contribution in [-0.4, -0.2) is 22.5 Å². The predicted octanol–water partition coefficient (Wildman–Crippen LogP) is 1.18. The van der Waals surface area contributed by atoms with E-state index in [1.165, 1.54) is 12.1 Å². The molecule has 0 aliphatic heterocycles. The van der Waals surface area contributed by atoms with Gasteiger partial charge in [0.05, 0.1) is 10.6 Å². The van der Waals surface area contributed by atoms with E-state index in [-0.39, 0.29) is 28.8 Å². The Balaban J connectivity index is 2.67. The van der Waals surface area contributed by atoms with Crippen molar-refractivity contribution in [1.29, 1.82) is 0 Å². The number of phenolic OH excluding ortho intramolecular Hbond substituents is 1. The number of hydrogen-bond acceptors (Lipinski definition) is 3. The lowest BCUT2D eigenvalue weighted by Crippen LogP contribution is -2.34. The number of rotatable bonds is 4. The molecule has 1 atom stereocenters. The Morgan fingerprint density at radius 2 is 2.29 bits per heavy atom. The van der Waals surface area contributed by atoms with Gasteiger partial charge in [0.2, 0.25) is 0 Å². The van der Waals surface area contributed by atoms with Gasteiger partial charge in [-0.05, 0) is 12.1 Å². The first kappa shape index (κ1) is 13.4. The fraction of sp³-hybridized carbons (Fsp3) is 0.273. The quantitative estimate of drug-likeness (QED) is 0.707. The summed E-state index contributed by atoms with van der Waals surface area (Å²) in [5.74, 6) is -1.72. The summed E-state index contributed by atoms with van der Waals surface area (Å²) in [6, 6.07) is 3.34. The SMILES string of the molecule is CC(CNC(=O)c1ccc(O)cc1F)C(N)=S. The van der Waals surface area contributed by atoms with Crippen LogP contribution in [0.1, 0.15) is 17.3 Å². The van der Waals surface area contributed by atoms with E-state index in [9.17, 15) is 9.18 Å². The van der Waals surface area contributed by atoms with Gasteiger partial charge in [-0.1, -0.05) is 19.1 Å². The lowest BCUT2D eigenvalue weighted by atomic mass is 10.1. The molecule has 0 aromatic heterocycles. The highest BCUT2D eigenvalue weighted by Gasteiger charge is 2.13. The zero-order chi connectivity index (χ0) is 13.0. The molecule has 4 N–H and O–H groups in total. The van der Waals surface area contributed by atoms with Crippen molar-refractivity contribution in [2.45, 2.75) is 6.92 Å². The number of thiocarbonyl (C=S) groups is 1. The maximum Gasteiger partial charge on any atom is 0.254 e.